The molecule has 0 saturated carbocycles. The van der Waals surface area contributed by atoms with E-state index in [1.807, 2.05) is 42.1 Å². The van der Waals surface area contributed by atoms with Crippen LogP contribution in [0.1, 0.15) is 29.7 Å². The number of nitrogens with one attached hydrogen (secondary N) is 1. The summed E-state index contributed by atoms with van der Waals surface area (Å²) in [6, 6.07) is 16.5. The van der Waals surface area contributed by atoms with Gasteiger partial charge >= 0.3 is 0 Å². The Hall–Kier alpha value is -3.13. The normalized spacial score (nSPS) is 11.7. The van der Waals surface area contributed by atoms with Crippen molar-refractivity contribution in [2.24, 2.45) is 0 Å². The van der Waals surface area contributed by atoms with Crippen molar-refractivity contribution in [3.63, 3.8) is 0 Å². The van der Waals surface area contributed by atoms with Crippen LogP contribution in [0.5, 0.6) is 0 Å². The fourth-order valence-electron chi connectivity index (χ4n) is 2.53. The van der Waals surface area contributed by atoms with Crippen LogP contribution >= 0.6 is 0 Å². The Morgan fingerprint density at radius 3 is 2.75 bits per heavy atom. The predicted molar refractivity (Wildman–Crippen MR) is 90.9 cm³/mol. The first-order valence-electron chi connectivity index (χ1n) is 7.69. The molecular formula is C19H17FN4. The molecule has 3 aromatic rings. The molecule has 1 heterocycles. The van der Waals surface area contributed by atoms with E-state index in [0.29, 0.717) is 12.2 Å². The summed E-state index contributed by atoms with van der Waals surface area (Å²) in [5.41, 5.74) is 2.66. The number of hydrogen-bond acceptors (Lipinski definition) is 3. The fraction of sp³-hybridized carbons (Fsp3) is 0.158. The van der Waals surface area contributed by atoms with E-state index in [2.05, 4.69) is 22.5 Å². The minimum absolute atomic E-state index is 0.0287. The van der Waals surface area contributed by atoms with Crippen molar-refractivity contribution >= 4 is 5.69 Å². The first-order chi connectivity index (χ1) is 11.7. The van der Waals surface area contributed by atoms with Crippen LogP contribution in [0.4, 0.5) is 10.1 Å². The number of halogens is 1. The third-order valence-corrected chi connectivity index (χ3v) is 3.84. The van der Waals surface area contributed by atoms with Crippen molar-refractivity contribution in [3.8, 4) is 6.07 Å². The molecule has 0 saturated heterocycles. The summed E-state index contributed by atoms with van der Waals surface area (Å²) in [5, 5.41) is 16.7. The molecular weight excluding hydrogens is 303 g/mol. The molecule has 0 bridgehead atoms. The fourth-order valence-corrected chi connectivity index (χ4v) is 2.53. The van der Waals surface area contributed by atoms with E-state index >= 15 is 0 Å². The molecule has 5 heteroatoms. The van der Waals surface area contributed by atoms with Crippen LogP contribution in [-0.2, 0) is 6.54 Å². The van der Waals surface area contributed by atoms with Crippen molar-refractivity contribution in [1.29, 1.82) is 5.26 Å². The molecule has 3 rings (SSSR count). The first kappa shape index (κ1) is 15.8. The molecule has 0 aliphatic heterocycles. The Morgan fingerprint density at radius 2 is 2.00 bits per heavy atom. The van der Waals surface area contributed by atoms with Gasteiger partial charge in [0.1, 0.15) is 17.4 Å². The summed E-state index contributed by atoms with van der Waals surface area (Å²) in [7, 11) is 0. The Labute approximate surface area is 140 Å². The zero-order valence-corrected chi connectivity index (χ0v) is 13.3. The van der Waals surface area contributed by atoms with E-state index in [4.69, 9.17) is 5.26 Å². The minimum atomic E-state index is -0.519. The van der Waals surface area contributed by atoms with E-state index in [1.165, 1.54) is 11.6 Å². The Morgan fingerprint density at radius 1 is 1.21 bits per heavy atom. The monoisotopic (exact) mass is 320 g/mol. The van der Waals surface area contributed by atoms with Gasteiger partial charge in [0.25, 0.3) is 0 Å². The van der Waals surface area contributed by atoms with Crippen molar-refractivity contribution in [2.45, 2.75) is 19.5 Å². The first-order valence-corrected chi connectivity index (χ1v) is 7.69. The number of nitrogens with zero attached hydrogens (tertiary/aromatic N) is 3. The van der Waals surface area contributed by atoms with Gasteiger partial charge in [-0.15, -0.1) is 0 Å². The van der Waals surface area contributed by atoms with Gasteiger partial charge in [-0.3, -0.25) is 4.68 Å². The maximum atomic E-state index is 13.7. The molecule has 0 spiro atoms. The van der Waals surface area contributed by atoms with Crippen LogP contribution < -0.4 is 5.32 Å². The molecule has 24 heavy (non-hydrogen) atoms. The van der Waals surface area contributed by atoms with Crippen LogP contribution in [0.3, 0.4) is 0 Å². The van der Waals surface area contributed by atoms with Gasteiger partial charge in [-0.2, -0.15) is 10.4 Å². The van der Waals surface area contributed by atoms with Gasteiger partial charge < -0.3 is 5.32 Å². The second-order valence-electron chi connectivity index (χ2n) is 5.60. The number of aromatic nitrogens is 2. The summed E-state index contributed by atoms with van der Waals surface area (Å²) in [5.74, 6) is -0.519. The molecule has 120 valence electrons. The van der Waals surface area contributed by atoms with Crippen LogP contribution in [0.2, 0.25) is 0 Å². The molecule has 2 aromatic carbocycles. The van der Waals surface area contributed by atoms with Gasteiger partial charge in [0.15, 0.2) is 0 Å². The average Bonchev–Trinajstić information content (AvgIpc) is 3.05. The topological polar surface area (TPSA) is 53.6 Å². The molecule has 1 unspecified atom stereocenters. The summed E-state index contributed by atoms with van der Waals surface area (Å²) < 4.78 is 15.5. The third-order valence-electron chi connectivity index (χ3n) is 3.84. The van der Waals surface area contributed by atoms with Gasteiger partial charge in [-0.1, -0.05) is 36.4 Å². The standard InChI is InChI=1S/C19H17FN4/c1-14(23-19-9-5-8-18(20)17(19)10-21)16-11-22-24(13-16)12-15-6-3-2-4-7-15/h2-9,11,13-14,23H,12H2,1H3. The maximum absolute atomic E-state index is 13.7. The molecule has 4 nitrogen and oxygen atoms in total. The van der Waals surface area contributed by atoms with Gasteiger partial charge in [-0.05, 0) is 24.6 Å². The van der Waals surface area contributed by atoms with E-state index in [-0.39, 0.29) is 11.6 Å². The van der Waals surface area contributed by atoms with Crippen LogP contribution in [0.15, 0.2) is 60.9 Å². The van der Waals surface area contributed by atoms with Crippen molar-refractivity contribution in [1.82, 2.24) is 9.78 Å². The Kier molecular flexibility index (Phi) is 4.57. The van der Waals surface area contributed by atoms with Crippen LogP contribution in [0, 0.1) is 17.1 Å². The highest BCUT2D eigenvalue weighted by atomic mass is 19.1. The van der Waals surface area contributed by atoms with E-state index in [1.54, 1.807) is 18.3 Å². The zero-order chi connectivity index (χ0) is 16.9. The Bertz CT molecular complexity index is 865. The molecule has 0 aliphatic rings. The molecule has 1 aromatic heterocycles. The number of benzene rings is 2. The van der Waals surface area contributed by atoms with Crippen molar-refractivity contribution in [3.05, 3.63) is 83.4 Å². The SMILES string of the molecule is CC(Nc1cccc(F)c1C#N)c1cnn(Cc2ccccc2)c1. The smallest absolute Gasteiger partial charge is 0.143 e. The number of nitriles is 1. The summed E-state index contributed by atoms with van der Waals surface area (Å²) in [6.45, 7) is 2.65. The third kappa shape index (κ3) is 3.44. The van der Waals surface area contributed by atoms with Crippen molar-refractivity contribution < 1.29 is 4.39 Å². The predicted octanol–water partition coefficient (Wildman–Crippen LogP) is 4.12. The van der Waals surface area contributed by atoms with Gasteiger partial charge in [0, 0.05) is 11.8 Å². The van der Waals surface area contributed by atoms with Gasteiger partial charge in [0.2, 0.25) is 0 Å². The highest BCUT2D eigenvalue weighted by Crippen LogP contribution is 2.23. The number of rotatable bonds is 5. The largest absolute Gasteiger partial charge is 0.377 e. The number of anilines is 1. The van der Waals surface area contributed by atoms with Gasteiger partial charge in [0.05, 0.1) is 24.5 Å². The lowest BCUT2D eigenvalue weighted by atomic mass is 10.1. The van der Waals surface area contributed by atoms with E-state index in [9.17, 15) is 4.39 Å². The quantitative estimate of drug-likeness (QED) is 0.769. The van der Waals surface area contributed by atoms with E-state index in [0.717, 1.165) is 5.56 Å². The average molecular weight is 320 g/mol. The summed E-state index contributed by atoms with van der Waals surface area (Å²) >= 11 is 0. The van der Waals surface area contributed by atoms with Crippen molar-refractivity contribution in [2.75, 3.05) is 5.32 Å². The molecule has 0 radical (unpaired) electrons. The lowest BCUT2D eigenvalue weighted by Crippen LogP contribution is -2.08. The van der Waals surface area contributed by atoms with Crippen LogP contribution in [0.25, 0.3) is 0 Å². The second-order valence-corrected chi connectivity index (χ2v) is 5.60. The Balaban J connectivity index is 1.74. The molecule has 1 atom stereocenters. The summed E-state index contributed by atoms with van der Waals surface area (Å²) in [6.07, 6.45) is 3.74. The minimum Gasteiger partial charge on any atom is -0.377 e. The molecule has 0 fully saturated rings. The molecule has 0 aliphatic carbocycles. The lowest BCUT2D eigenvalue weighted by Gasteiger charge is -2.15. The number of hydrogen-bond donors (Lipinski definition) is 1. The van der Waals surface area contributed by atoms with Gasteiger partial charge in [-0.25, -0.2) is 4.39 Å². The summed E-state index contributed by atoms with van der Waals surface area (Å²) in [4.78, 5) is 0. The highest BCUT2D eigenvalue weighted by Gasteiger charge is 2.13. The lowest BCUT2D eigenvalue weighted by molar-refractivity contribution is 0.624. The molecule has 0 amide bonds. The molecule has 1 N–H and O–H groups in total. The van der Waals surface area contributed by atoms with E-state index < -0.39 is 5.82 Å². The van der Waals surface area contributed by atoms with Crippen LogP contribution in [-0.4, -0.2) is 9.78 Å². The second kappa shape index (κ2) is 6.97. The maximum Gasteiger partial charge on any atom is 0.143 e. The highest BCUT2D eigenvalue weighted by molar-refractivity contribution is 5.58. The zero-order valence-electron chi connectivity index (χ0n) is 13.3.